The van der Waals surface area contributed by atoms with E-state index in [1.54, 1.807) is 30.3 Å². The number of carbonyl (C=O) groups is 1. The minimum Gasteiger partial charge on any atom is -0.497 e. The largest absolute Gasteiger partial charge is 0.497 e. The standard InChI is InChI=1S/C20H18ClN5O5/c1-11-17(26(28)29)18(23-12-5-4-6-14(9-12)30-2)25-20(22-11)24-13-7-8-16(21)15(10-13)19(27)31-3/h4-10H,1-3H3,(H2,22,23,24,25). The zero-order valence-electron chi connectivity index (χ0n) is 16.8. The van der Waals surface area contributed by atoms with Gasteiger partial charge in [-0.1, -0.05) is 17.7 Å². The molecule has 0 atom stereocenters. The summed E-state index contributed by atoms with van der Waals surface area (Å²) in [6, 6.07) is 11.5. The Morgan fingerprint density at radius 3 is 2.52 bits per heavy atom. The Balaban J connectivity index is 1.99. The molecule has 31 heavy (non-hydrogen) atoms. The van der Waals surface area contributed by atoms with Crippen molar-refractivity contribution in [3.63, 3.8) is 0 Å². The zero-order valence-corrected chi connectivity index (χ0v) is 17.6. The molecule has 160 valence electrons. The summed E-state index contributed by atoms with van der Waals surface area (Å²) in [5, 5.41) is 17.7. The smallest absolute Gasteiger partial charge is 0.339 e. The first-order chi connectivity index (χ1) is 14.8. The number of nitrogens with zero attached hydrogens (tertiary/aromatic N) is 3. The molecule has 3 rings (SSSR count). The van der Waals surface area contributed by atoms with E-state index in [9.17, 15) is 14.9 Å². The van der Waals surface area contributed by atoms with Gasteiger partial charge in [-0.25, -0.2) is 9.78 Å². The van der Waals surface area contributed by atoms with Crippen molar-refractivity contribution < 1.29 is 19.2 Å². The van der Waals surface area contributed by atoms with Crippen LogP contribution in [0.5, 0.6) is 5.75 Å². The monoisotopic (exact) mass is 443 g/mol. The molecule has 0 bridgehead atoms. The first-order valence-electron chi connectivity index (χ1n) is 8.91. The van der Waals surface area contributed by atoms with Gasteiger partial charge in [-0.15, -0.1) is 0 Å². The molecule has 2 N–H and O–H groups in total. The number of methoxy groups -OCH3 is 2. The summed E-state index contributed by atoms with van der Waals surface area (Å²) in [6.07, 6.45) is 0. The quantitative estimate of drug-likeness (QED) is 0.305. The number of carbonyl (C=O) groups excluding carboxylic acids is 1. The van der Waals surface area contributed by atoms with E-state index in [0.29, 0.717) is 17.1 Å². The molecule has 0 radical (unpaired) electrons. The number of benzene rings is 2. The number of aromatic nitrogens is 2. The number of aryl methyl sites for hydroxylation is 1. The highest BCUT2D eigenvalue weighted by atomic mass is 35.5. The average molecular weight is 444 g/mol. The first-order valence-corrected chi connectivity index (χ1v) is 9.29. The van der Waals surface area contributed by atoms with E-state index in [1.807, 2.05) is 0 Å². The summed E-state index contributed by atoms with van der Waals surface area (Å²) >= 11 is 6.04. The Morgan fingerprint density at radius 1 is 1.10 bits per heavy atom. The molecule has 2 aromatic carbocycles. The van der Waals surface area contributed by atoms with Crippen LogP contribution in [0.4, 0.5) is 28.8 Å². The second-order valence-corrected chi connectivity index (χ2v) is 6.66. The van der Waals surface area contributed by atoms with Crippen molar-refractivity contribution in [2.24, 2.45) is 0 Å². The minimum absolute atomic E-state index is 0.00425. The fourth-order valence-electron chi connectivity index (χ4n) is 2.76. The van der Waals surface area contributed by atoms with Crippen LogP contribution in [0.1, 0.15) is 16.1 Å². The number of anilines is 4. The maximum atomic E-state index is 11.9. The molecule has 0 saturated carbocycles. The summed E-state index contributed by atoms with van der Waals surface area (Å²) in [6.45, 7) is 1.50. The highest BCUT2D eigenvalue weighted by Crippen LogP contribution is 2.31. The summed E-state index contributed by atoms with van der Waals surface area (Å²) in [4.78, 5) is 31.3. The van der Waals surface area contributed by atoms with E-state index >= 15 is 0 Å². The van der Waals surface area contributed by atoms with Crippen LogP contribution in [0, 0.1) is 17.0 Å². The number of esters is 1. The maximum Gasteiger partial charge on any atom is 0.339 e. The molecule has 0 aliphatic rings. The summed E-state index contributed by atoms with van der Waals surface area (Å²) in [7, 11) is 2.77. The van der Waals surface area contributed by atoms with Gasteiger partial charge < -0.3 is 20.1 Å². The Bertz CT molecular complexity index is 1150. The van der Waals surface area contributed by atoms with Gasteiger partial charge in [0.05, 0.1) is 29.7 Å². The van der Waals surface area contributed by atoms with E-state index in [1.165, 1.54) is 33.3 Å². The molecule has 1 heterocycles. The predicted octanol–water partition coefficient (Wildman–Crippen LogP) is 4.63. The first kappa shape index (κ1) is 21.8. The lowest BCUT2D eigenvalue weighted by Gasteiger charge is -2.12. The molecule has 10 nitrogen and oxygen atoms in total. The van der Waals surface area contributed by atoms with Crippen molar-refractivity contribution in [1.82, 2.24) is 9.97 Å². The molecule has 0 amide bonds. The topological polar surface area (TPSA) is 129 Å². The fourth-order valence-corrected chi connectivity index (χ4v) is 2.96. The molecular formula is C20H18ClN5O5. The Kier molecular flexibility index (Phi) is 6.51. The Morgan fingerprint density at radius 2 is 1.84 bits per heavy atom. The van der Waals surface area contributed by atoms with Crippen LogP contribution in [-0.2, 0) is 4.74 Å². The molecule has 0 saturated heterocycles. The SMILES string of the molecule is COC(=O)c1cc(Nc2nc(C)c([N+](=O)[O-])c(Nc3cccc(OC)c3)n2)ccc1Cl. The van der Waals surface area contributed by atoms with Crippen molar-refractivity contribution in [1.29, 1.82) is 0 Å². The van der Waals surface area contributed by atoms with Gasteiger partial charge in [-0.3, -0.25) is 10.1 Å². The van der Waals surface area contributed by atoms with Crippen molar-refractivity contribution in [3.8, 4) is 5.75 Å². The molecule has 11 heteroatoms. The van der Waals surface area contributed by atoms with Crippen LogP contribution in [0.25, 0.3) is 0 Å². The number of nitro groups is 1. The van der Waals surface area contributed by atoms with Gasteiger partial charge in [-0.05, 0) is 37.3 Å². The van der Waals surface area contributed by atoms with Gasteiger partial charge in [0.25, 0.3) is 0 Å². The summed E-state index contributed by atoms with van der Waals surface area (Å²) < 4.78 is 9.89. The second kappa shape index (κ2) is 9.26. The van der Waals surface area contributed by atoms with E-state index in [-0.39, 0.29) is 33.7 Å². The Hall–Kier alpha value is -3.92. The molecule has 0 aliphatic heterocycles. The van der Waals surface area contributed by atoms with E-state index < -0.39 is 10.9 Å². The molecule has 3 aromatic rings. The average Bonchev–Trinajstić information content (AvgIpc) is 2.74. The minimum atomic E-state index is -0.602. The van der Waals surface area contributed by atoms with Crippen molar-refractivity contribution in [2.45, 2.75) is 6.92 Å². The zero-order chi connectivity index (χ0) is 22.5. The van der Waals surface area contributed by atoms with Gasteiger partial charge >= 0.3 is 11.7 Å². The normalized spacial score (nSPS) is 10.3. The highest BCUT2D eigenvalue weighted by Gasteiger charge is 2.23. The van der Waals surface area contributed by atoms with E-state index in [2.05, 4.69) is 20.6 Å². The molecule has 0 spiro atoms. The van der Waals surface area contributed by atoms with Gasteiger partial charge in [0.15, 0.2) is 0 Å². The van der Waals surface area contributed by atoms with Crippen LogP contribution >= 0.6 is 11.6 Å². The lowest BCUT2D eigenvalue weighted by molar-refractivity contribution is -0.385. The maximum absolute atomic E-state index is 11.9. The molecular weight excluding hydrogens is 426 g/mol. The Labute approximate surface area is 182 Å². The van der Waals surface area contributed by atoms with Crippen LogP contribution in [0.15, 0.2) is 42.5 Å². The number of rotatable bonds is 7. The number of hydrogen-bond acceptors (Lipinski definition) is 9. The van der Waals surface area contributed by atoms with Crippen LogP contribution in [-0.4, -0.2) is 35.1 Å². The number of halogens is 1. The molecule has 0 unspecified atom stereocenters. The van der Waals surface area contributed by atoms with Gasteiger partial charge in [0, 0.05) is 17.4 Å². The number of hydrogen-bond donors (Lipinski definition) is 2. The van der Waals surface area contributed by atoms with Crippen LogP contribution in [0.2, 0.25) is 5.02 Å². The van der Waals surface area contributed by atoms with Gasteiger partial charge in [0.1, 0.15) is 11.4 Å². The molecule has 0 aliphatic carbocycles. The lowest BCUT2D eigenvalue weighted by atomic mass is 10.2. The fraction of sp³-hybridized carbons (Fsp3) is 0.150. The third-order valence-electron chi connectivity index (χ3n) is 4.20. The van der Waals surface area contributed by atoms with Gasteiger partial charge in [0.2, 0.25) is 11.8 Å². The summed E-state index contributed by atoms with van der Waals surface area (Å²) in [5.74, 6) is 0.0603. The number of nitrogens with one attached hydrogen (secondary N) is 2. The van der Waals surface area contributed by atoms with Crippen molar-refractivity contribution in [3.05, 3.63) is 68.9 Å². The van der Waals surface area contributed by atoms with E-state index in [0.717, 1.165) is 0 Å². The summed E-state index contributed by atoms with van der Waals surface area (Å²) in [5.41, 5.74) is 1.04. The molecule has 1 aromatic heterocycles. The van der Waals surface area contributed by atoms with Gasteiger partial charge in [-0.2, -0.15) is 4.98 Å². The third kappa shape index (κ3) is 4.98. The van der Waals surface area contributed by atoms with Crippen LogP contribution in [0.3, 0.4) is 0 Å². The highest BCUT2D eigenvalue weighted by molar-refractivity contribution is 6.33. The predicted molar refractivity (Wildman–Crippen MR) is 116 cm³/mol. The lowest BCUT2D eigenvalue weighted by Crippen LogP contribution is -2.08. The third-order valence-corrected chi connectivity index (χ3v) is 4.53. The second-order valence-electron chi connectivity index (χ2n) is 6.26. The molecule has 0 fully saturated rings. The van der Waals surface area contributed by atoms with Crippen LogP contribution < -0.4 is 15.4 Å². The number of ether oxygens (including phenoxy) is 2. The van der Waals surface area contributed by atoms with Crippen molar-refractivity contribution in [2.75, 3.05) is 24.9 Å². The van der Waals surface area contributed by atoms with E-state index in [4.69, 9.17) is 21.1 Å². The van der Waals surface area contributed by atoms with Crippen molar-refractivity contribution >= 4 is 46.4 Å².